The normalized spacial score (nSPS) is 10.2. The maximum atomic E-state index is 12.9. The summed E-state index contributed by atoms with van der Waals surface area (Å²) in [6.07, 6.45) is 0. The minimum Gasteiger partial charge on any atom is -0.373 e. The van der Waals surface area contributed by atoms with Crippen molar-refractivity contribution in [3.63, 3.8) is 0 Å². The van der Waals surface area contributed by atoms with Crippen LogP contribution in [0.2, 0.25) is 0 Å². The van der Waals surface area contributed by atoms with Gasteiger partial charge in [-0.15, -0.1) is 0 Å². The molecule has 0 saturated heterocycles. The molecule has 0 aliphatic heterocycles. The molecule has 0 heterocycles. The summed E-state index contributed by atoms with van der Waals surface area (Å²) in [5.41, 5.74) is 7.09. The van der Waals surface area contributed by atoms with E-state index in [9.17, 15) is 4.39 Å². The molecule has 1 rings (SSSR count). The van der Waals surface area contributed by atoms with E-state index in [4.69, 9.17) is 5.73 Å². The Balaban J connectivity index is 2.84. The van der Waals surface area contributed by atoms with Gasteiger partial charge in [0.25, 0.3) is 0 Å². The molecule has 1 aromatic carbocycles. The first-order chi connectivity index (χ1) is 6.15. The minimum absolute atomic E-state index is 0.162. The fourth-order valence-corrected chi connectivity index (χ4v) is 1.19. The molecule has 0 bridgehead atoms. The Labute approximate surface area is 78.2 Å². The predicted octanol–water partition coefficient (Wildman–Crippen LogP) is 1.53. The monoisotopic (exact) mass is 182 g/mol. The Kier molecular flexibility index (Phi) is 3.25. The quantitative estimate of drug-likeness (QED) is 0.768. The molecule has 0 fully saturated rings. The van der Waals surface area contributed by atoms with Crippen LogP contribution in [0.4, 0.5) is 10.1 Å². The van der Waals surface area contributed by atoms with Crippen molar-refractivity contribution in [3.05, 3.63) is 29.6 Å². The van der Waals surface area contributed by atoms with Gasteiger partial charge in [-0.05, 0) is 30.7 Å². The van der Waals surface area contributed by atoms with E-state index in [1.807, 2.05) is 18.0 Å². The van der Waals surface area contributed by atoms with Gasteiger partial charge in [-0.2, -0.15) is 0 Å². The van der Waals surface area contributed by atoms with Gasteiger partial charge in [0.2, 0.25) is 0 Å². The Bertz CT molecular complexity index is 286. The second kappa shape index (κ2) is 4.23. The summed E-state index contributed by atoms with van der Waals surface area (Å²) in [5.74, 6) is -0.162. The number of rotatable bonds is 3. The van der Waals surface area contributed by atoms with E-state index in [-0.39, 0.29) is 5.82 Å². The molecule has 0 atom stereocenters. The molecular weight excluding hydrogens is 167 g/mol. The predicted molar refractivity (Wildman–Crippen MR) is 53.5 cm³/mol. The Morgan fingerprint density at radius 1 is 1.46 bits per heavy atom. The number of likely N-dealkylation sites (N-methyl/N-ethyl adjacent to an activating group) is 1. The molecule has 2 N–H and O–H groups in total. The van der Waals surface area contributed by atoms with Crippen LogP contribution in [0.1, 0.15) is 5.56 Å². The van der Waals surface area contributed by atoms with Crippen molar-refractivity contribution in [3.8, 4) is 0 Å². The van der Waals surface area contributed by atoms with Crippen LogP contribution in [0.3, 0.4) is 0 Å². The topological polar surface area (TPSA) is 29.3 Å². The molecular formula is C10H15FN2. The third-order valence-electron chi connectivity index (χ3n) is 2.05. The van der Waals surface area contributed by atoms with E-state index in [0.29, 0.717) is 12.1 Å². The van der Waals surface area contributed by atoms with Crippen molar-refractivity contribution >= 4 is 5.69 Å². The number of hydrogen-bond donors (Lipinski definition) is 1. The fraction of sp³-hybridized carbons (Fsp3) is 0.400. The van der Waals surface area contributed by atoms with Gasteiger partial charge in [0.15, 0.2) is 0 Å². The van der Waals surface area contributed by atoms with Crippen LogP contribution in [0.5, 0.6) is 0 Å². The second-order valence-corrected chi connectivity index (χ2v) is 3.14. The molecule has 0 unspecified atom stereocenters. The van der Waals surface area contributed by atoms with Crippen LogP contribution in [-0.4, -0.2) is 20.1 Å². The summed E-state index contributed by atoms with van der Waals surface area (Å²) in [6, 6.07) is 5.07. The molecule has 0 spiro atoms. The molecule has 13 heavy (non-hydrogen) atoms. The number of hydrogen-bond acceptors (Lipinski definition) is 2. The highest BCUT2D eigenvalue weighted by molar-refractivity contribution is 5.48. The Morgan fingerprint density at radius 3 is 2.69 bits per heavy atom. The van der Waals surface area contributed by atoms with Crippen molar-refractivity contribution in [2.45, 2.75) is 6.92 Å². The molecule has 0 aliphatic carbocycles. The number of anilines is 1. The molecule has 3 heteroatoms. The molecule has 72 valence electrons. The lowest BCUT2D eigenvalue weighted by atomic mass is 10.2. The molecule has 0 saturated carbocycles. The van der Waals surface area contributed by atoms with Gasteiger partial charge in [0, 0.05) is 25.8 Å². The van der Waals surface area contributed by atoms with Crippen molar-refractivity contribution in [1.82, 2.24) is 0 Å². The zero-order valence-corrected chi connectivity index (χ0v) is 8.05. The van der Waals surface area contributed by atoms with E-state index in [0.717, 1.165) is 12.2 Å². The number of benzene rings is 1. The highest BCUT2D eigenvalue weighted by atomic mass is 19.1. The van der Waals surface area contributed by atoms with Crippen LogP contribution in [-0.2, 0) is 0 Å². The van der Waals surface area contributed by atoms with E-state index < -0.39 is 0 Å². The zero-order chi connectivity index (χ0) is 9.84. The van der Waals surface area contributed by atoms with Crippen molar-refractivity contribution in [2.24, 2.45) is 5.73 Å². The molecule has 0 radical (unpaired) electrons. The van der Waals surface area contributed by atoms with Crippen LogP contribution in [0, 0.1) is 12.7 Å². The first-order valence-corrected chi connectivity index (χ1v) is 4.32. The fourth-order valence-electron chi connectivity index (χ4n) is 1.19. The van der Waals surface area contributed by atoms with Gasteiger partial charge in [0.05, 0.1) is 0 Å². The maximum Gasteiger partial charge on any atom is 0.126 e. The lowest BCUT2D eigenvalue weighted by Gasteiger charge is -2.18. The van der Waals surface area contributed by atoms with Crippen LogP contribution >= 0.6 is 0 Å². The SMILES string of the molecule is Cc1cc(N(C)CCN)ccc1F. The van der Waals surface area contributed by atoms with E-state index >= 15 is 0 Å². The average molecular weight is 182 g/mol. The second-order valence-electron chi connectivity index (χ2n) is 3.14. The van der Waals surface area contributed by atoms with E-state index in [1.54, 1.807) is 13.0 Å². The van der Waals surface area contributed by atoms with E-state index in [2.05, 4.69) is 0 Å². The van der Waals surface area contributed by atoms with Crippen molar-refractivity contribution < 1.29 is 4.39 Å². The third kappa shape index (κ3) is 2.42. The third-order valence-corrected chi connectivity index (χ3v) is 2.05. The van der Waals surface area contributed by atoms with Gasteiger partial charge in [0.1, 0.15) is 5.82 Å². The maximum absolute atomic E-state index is 12.9. The Morgan fingerprint density at radius 2 is 2.15 bits per heavy atom. The number of nitrogens with two attached hydrogens (primary N) is 1. The number of nitrogens with zero attached hydrogens (tertiary/aromatic N) is 1. The minimum atomic E-state index is -0.162. The zero-order valence-electron chi connectivity index (χ0n) is 8.05. The molecule has 0 aliphatic rings. The molecule has 1 aromatic rings. The molecule has 0 amide bonds. The summed E-state index contributed by atoms with van der Waals surface area (Å²) < 4.78 is 12.9. The van der Waals surface area contributed by atoms with Crippen LogP contribution in [0.15, 0.2) is 18.2 Å². The van der Waals surface area contributed by atoms with Crippen LogP contribution in [0.25, 0.3) is 0 Å². The van der Waals surface area contributed by atoms with Crippen molar-refractivity contribution in [1.29, 1.82) is 0 Å². The van der Waals surface area contributed by atoms with Gasteiger partial charge in [-0.25, -0.2) is 4.39 Å². The Hall–Kier alpha value is -1.09. The summed E-state index contributed by atoms with van der Waals surface area (Å²) in [4.78, 5) is 2.01. The number of halogens is 1. The van der Waals surface area contributed by atoms with Gasteiger partial charge in [-0.1, -0.05) is 0 Å². The standard InChI is InChI=1S/C10H15FN2/c1-8-7-9(3-4-10(8)11)13(2)6-5-12/h3-4,7H,5-6,12H2,1-2H3. The molecule has 2 nitrogen and oxygen atoms in total. The van der Waals surface area contributed by atoms with E-state index in [1.165, 1.54) is 6.07 Å². The van der Waals surface area contributed by atoms with Gasteiger partial charge < -0.3 is 10.6 Å². The largest absolute Gasteiger partial charge is 0.373 e. The first kappa shape index (κ1) is 9.99. The highest BCUT2D eigenvalue weighted by Crippen LogP contribution is 2.16. The van der Waals surface area contributed by atoms with Gasteiger partial charge in [-0.3, -0.25) is 0 Å². The highest BCUT2D eigenvalue weighted by Gasteiger charge is 2.02. The average Bonchev–Trinajstić information content (AvgIpc) is 2.10. The first-order valence-electron chi connectivity index (χ1n) is 4.32. The summed E-state index contributed by atoms with van der Waals surface area (Å²) in [5, 5.41) is 0. The van der Waals surface area contributed by atoms with Crippen molar-refractivity contribution in [2.75, 3.05) is 25.0 Å². The summed E-state index contributed by atoms with van der Waals surface area (Å²) >= 11 is 0. The van der Waals surface area contributed by atoms with Gasteiger partial charge >= 0.3 is 0 Å². The lowest BCUT2D eigenvalue weighted by molar-refractivity contribution is 0.618. The molecule has 0 aromatic heterocycles. The number of aryl methyl sites for hydroxylation is 1. The van der Waals surface area contributed by atoms with Crippen LogP contribution < -0.4 is 10.6 Å². The lowest BCUT2D eigenvalue weighted by Crippen LogP contribution is -2.24. The smallest absolute Gasteiger partial charge is 0.126 e. The summed E-state index contributed by atoms with van der Waals surface area (Å²) in [6.45, 7) is 3.15. The summed E-state index contributed by atoms with van der Waals surface area (Å²) in [7, 11) is 1.94.